The average molecular weight is 310 g/mol. The van der Waals surface area contributed by atoms with Gasteiger partial charge in [-0.25, -0.2) is 5.01 Å². The second-order valence-corrected chi connectivity index (χ2v) is 5.99. The first-order valence-corrected chi connectivity index (χ1v) is 7.90. The molecular formula is C18H18N2O3. The van der Waals surface area contributed by atoms with Crippen LogP contribution >= 0.6 is 0 Å². The highest BCUT2D eigenvalue weighted by atomic mass is 16.3. The number of hydrazone groups is 1. The normalized spacial score (nSPS) is 25.5. The minimum absolute atomic E-state index is 0.0642. The van der Waals surface area contributed by atoms with Crippen LogP contribution in [0.3, 0.4) is 0 Å². The molecule has 4 rings (SSSR count). The van der Waals surface area contributed by atoms with E-state index >= 15 is 0 Å². The Hall–Kier alpha value is -2.56. The van der Waals surface area contributed by atoms with Crippen molar-refractivity contribution < 1.29 is 13.6 Å². The molecule has 0 unspecified atom stereocenters. The Balaban J connectivity index is 1.74. The topological polar surface area (TPSA) is 59.0 Å². The van der Waals surface area contributed by atoms with Crippen LogP contribution in [-0.2, 0) is 4.79 Å². The first kappa shape index (κ1) is 14.1. The average Bonchev–Trinajstić information content (AvgIpc) is 3.27. The van der Waals surface area contributed by atoms with Crippen LogP contribution in [0, 0.1) is 5.92 Å². The molecule has 0 aromatic carbocycles. The van der Waals surface area contributed by atoms with E-state index in [1.807, 2.05) is 30.3 Å². The summed E-state index contributed by atoms with van der Waals surface area (Å²) in [5, 5.41) is 6.21. The van der Waals surface area contributed by atoms with E-state index in [1.54, 1.807) is 24.5 Å². The van der Waals surface area contributed by atoms with E-state index in [0.717, 1.165) is 42.1 Å². The van der Waals surface area contributed by atoms with Gasteiger partial charge in [0.1, 0.15) is 17.6 Å². The number of nitrogens with zero attached hydrogens (tertiary/aromatic N) is 2. The molecule has 23 heavy (non-hydrogen) atoms. The molecule has 1 fully saturated rings. The van der Waals surface area contributed by atoms with E-state index in [4.69, 9.17) is 8.83 Å². The third-order valence-electron chi connectivity index (χ3n) is 4.52. The maximum absolute atomic E-state index is 12.1. The minimum Gasteiger partial charge on any atom is -0.467 e. The van der Waals surface area contributed by atoms with Crippen molar-refractivity contribution in [1.82, 2.24) is 5.01 Å². The zero-order valence-corrected chi connectivity index (χ0v) is 12.9. The Morgan fingerprint density at radius 3 is 2.83 bits per heavy atom. The summed E-state index contributed by atoms with van der Waals surface area (Å²) >= 11 is 0. The zero-order valence-electron chi connectivity index (χ0n) is 12.9. The molecule has 5 heteroatoms. The SMILES string of the molecule is CC(=O)N1N=C2/C(=C/c3ccco3)CCC[C@H]2[C@@H]1c1ccco1. The van der Waals surface area contributed by atoms with Crippen molar-refractivity contribution in [2.45, 2.75) is 32.2 Å². The highest BCUT2D eigenvalue weighted by Gasteiger charge is 2.44. The monoisotopic (exact) mass is 310 g/mol. The molecule has 3 heterocycles. The summed E-state index contributed by atoms with van der Waals surface area (Å²) in [4.78, 5) is 12.1. The molecule has 1 amide bonds. The predicted molar refractivity (Wildman–Crippen MR) is 85.4 cm³/mol. The number of hydrogen-bond donors (Lipinski definition) is 0. The maximum atomic E-state index is 12.1. The number of amides is 1. The van der Waals surface area contributed by atoms with Crippen molar-refractivity contribution in [2.75, 3.05) is 0 Å². The fourth-order valence-electron chi connectivity index (χ4n) is 3.55. The number of carbonyl (C=O) groups excluding carboxylic acids is 1. The molecular weight excluding hydrogens is 292 g/mol. The standard InChI is InChI=1S/C18H18N2O3/c1-12(21)20-18(16-8-4-10-23-16)15-7-2-5-13(17(15)19-20)11-14-6-3-9-22-14/h3-4,6,8-11,15,18H,2,5,7H2,1H3/b13-11+/t15-,18-/m1/s1. The summed E-state index contributed by atoms with van der Waals surface area (Å²) in [6.45, 7) is 1.55. The molecule has 1 aliphatic carbocycles. The van der Waals surface area contributed by atoms with Crippen molar-refractivity contribution in [1.29, 1.82) is 0 Å². The van der Waals surface area contributed by atoms with Crippen LogP contribution in [0.5, 0.6) is 0 Å². The van der Waals surface area contributed by atoms with Crippen molar-refractivity contribution in [3.8, 4) is 0 Å². The molecule has 0 radical (unpaired) electrons. The van der Waals surface area contributed by atoms with Crippen LogP contribution < -0.4 is 0 Å². The van der Waals surface area contributed by atoms with Crippen LogP contribution in [0.1, 0.15) is 43.7 Å². The third-order valence-corrected chi connectivity index (χ3v) is 4.52. The number of carbonyl (C=O) groups is 1. The first-order chi connectivity index (χ1) is 11.2. The van der Waals surface area contributed by atoms with Gasteiger partial charge < -0.3 is 8.83 Å². The predicted octanol–water partition coefficient (Wildman–Crippen LogP) is 4.02. The Morgan fingerprint density at radius 2 is 2.13 bits per heavy atom. The Bertz CT molecular complexity index is 756. The van der Waals surface area contributed by atoms with Crippen LogP contribution in [-0.4, -0.2) is 16.6 Å². The van der Waals surface area contributed by atoms with Crippen molar-refractivity contribution >= 4 is 17.7 Å². The van der Waals surface area contributed by atoms with Gasteiger partial charge in [0.2, 0.25) is 5.91 Å². The lowest BCUT2D eigenvalue weighted by molar-refractivity contribution is -0.131. The van der Waals surface area contributed by atoms with E-state index in [0.29, 0.717) is 0 Å². The van der Waals surface area contributed by atoms with E-state index in [1.165, 1.54) is 0 Å². The Kier molecular flexibility index (Phi) is 3.41. The van der Waals surface area contributed by atoms with Gasteiger partial charge in [0.25, 0.3) is 0 Å². The van der Waals surface area contributed by atoms with E-state index in [9.17, 15) is 4.79 Å². The first-order valence-electron chi connectivity index (χ1n) is 7.90. The second-order valence-electron chi connectivity index (χ2n) is 5.99. The van der Waals surface area contributed by atoms with Gasteiger partial charge >= 0.3 is 0 Å². The molecule has 2 atom stereocenters. The van der Waals surface area contributed by atoms with Gasteiger partial charge in [-0.2, -0.15) is 5.10 Å². The van der Waals surface area contributed by atoms with Crippen molar-refractivity contribution in [3.05, 3.63) is 53.9 Å². The van der Waals surface area contributed by atoms with Gasteiger partial charge in [0.15, 0.2) is 0 Å². The summed E-state index contributed by atoms with van der Waals surface area (Å²) in [6, 6.07) is 7.44. The van der Waals surface area contributed by atoms with Crippen LogP contribution in [0.4, 0.5) is 0 Å². The molecule has 2 aliphatic rings. The molecule has 0 bridgehead atoms. The third kappa shape index (κ3) is 2.42. The summed E-state index contributed by atoms with van der Waals surface area (Å²) in [7, 11) is 0. The quantitative estimate of drug-likeness (QED) is 0.842. The van der Waals surface area contributed by atoms with E-state index in [-0.39, 0.29) is 17.9 Å². The summed E-state index contributed by atoms with van der Waals surface area (Å²) in [5.41, 5.74) is 2.14. The summed E-state index contributed by atoms with van der Waals surface area (Å²) < 4.78 is 11.0. The smallest absolute Gasteiger partial charge is 0.240 e. The molecule has 0 saturated heterocycles. The Labute approximate surface area is 134 Å². The number of hydrogen-bond acceptors (Lipinski definition) is 4. The largest absolute Gasteiger partial charge is 0.467 e. The van der Waals surface area contributed by atoms with Crippen molar-refractivity contribution in [3.63, 3.8) is 0 Å². The summed E-state index contributed by atoms with van der Waals surface area (Å²) in [5.74, 6) is 1.73. The number of furan rings is 2. The molecule has 1 saturated carbocycles. The van der Waals surface area contributed by atoms with Crippen LogP contribution in [0.2, 0.25) is 0 Å². The van der Waals surface area contributed by atoms with Crippen LogP contribution in [0.25, 0.3) is 6.08 Å². The lowest BCUT2D eigenvalue weighted by Crippen LogP contribution is -2.30. The molecule has 0 N–H and O–H groups in total. The molecule has 2 aromatic heterocycles. The molecule has 0 spiro atoms. The fourth-order valence-corrected chi connectivity index (χ4v) is 3.55. The van der Waals surface area contributed by atoms with Gasteiger partial charge in [-0.1, -0.05) is 0 Å². The zero-order chi connectivity index (χ0) is 15.8. The highest BCUT2D eigenvalue weighted by Crippen LogP contribution is 2.44. The maximum Gasteiger partial charge on any atom is 0.240 e. The van der Waals surface area contributed by atoms with Gasteiger partial charge in [-0.3, -0.25) is 4.79 Å². The van der Waals surface area contributed by atoms with E-state index in [2.05, 4.69) is 5.10 Å². The lowest BCUT2D eigenvalue weighted by Gasteiger charge is -2.27. The molecule has 5 nitrogen and oxygen atoms in total. The van der Waals surface area contributed by atoms with Gasteiger partial charge in [-0.15, -0.1) is 0 Å². The lowest BCUT2D eigenvalue weighted by atomic mass is 9.79. The van der Waals surface area contributed by atoms with Gasteiger partial charge in [0, 0.05) is 12.8 Å². The number of allylic oxidation sites excluding steroid dienone is 1. The minimum atomic E-state index is -0.141. The second kappa shape index (κ2) is 5.57. The number of rotatable bonds is 2. The van der Waals surface area contributed by atoms with Crippen molar-refractivity contribution in [2.24, 2.45) is 11.0 Å². The molecule has 118 valence electrons. The molecule has 1 aliphatic heterocycles. The fraction of sp³-hybridized carbons (Fsp3) is 0.333. The highest BCUT2D eigenvalue weighted by molar-refractivity contribution is 6.07. The summed E-state index contributed by atoms with van der Waals surface area (Å²) in [6.07, 6.45) is 8.37. The van der Waals surface area contributed by atoms with E-state index < -0.39 is 0 Å². The number of fused-ring (bicyclic) bond motifs is 1. The molecule has 2 aromatic rings. The van der Waals surface area contributed by atoms with Gasteiger partial charge in [-0.05, 0) is 55.2 Å². The Morgan fingerprint density at radius 1 is 1.30 bits per heavy atom. The van der Waals surface area contributed by atoms with Gasteiger partial charge in [0.05, 0.1) is 18.2 Å². The van der Waals surface area contributed by atoms with Crippen LogP contribution in [0.15, 0.2) is 56.3 Å².